The first-order valence-corrected chi connectivity index (χ1v) is 12.9. The van der Waals surface area contributed by atoms with Gasteiger partial charge in [0.25, 0.3) is 0 Å². The second-order valence-corrected chi connectivity index (χ2v) is 9.40. The van der Waals surface area contributed by atoms with Crippen molar-refractivity contribution >= 4 is 39.2 Å². The maximum atomic E-state index is 5.98. The van der Waals surface area contributed by atoms with Gasteiger partial charge >= 0.3 is 0 Å². The zero-order chi connectivity index (χ0) is 26.2. The molecule has 0 unspecified atom stereocenters. The van der Waals surface area contributed by atoms with Gasteiger partial charge in [-0.15, -0.1) is 0 Å². The Hall–Kier alpha value is -5.29. The molecule has 2 aromatic heterocycles. The fourth-order valence-corrected chi connectivity index (χ4v) is 4.90. The topological polar surface area (TPSA) is 55.1 Å². The van der Waals surface area contributed by atoms with E-state index in [0.717, 1.165) is 61.7 Å². The van der Waals surface area contributed by atoms with Crippen LogP contribution in [-0.2, 0) is 0 Å². The number of para-hydroxylation sites is 5. The summed E-state index contributed by atoms with van der Waals surface area (Å²) in [6, 6.07) is 43.0. The van der Waals surface area contributed by atoms with Crippen molar-refractivity contribution in [1.29, 1.82) is 0 Å². The van der Waals surface area contributed by atoms with Crippen molar-refractivity contribution in [1.82, 2.24) is 15.0 Å². The third-order valence-electron chi connectivity index (χ3n) is 6.82. The van der Waals surface area contributed by atoms with E-state index in [2.05, 4.69) is 82.7 Å². The van der Waals surface area contributed by atoms with Crippen molar-refractivity contribution in [2.45, 2.75) is 6.92 Å². The lowest BCUT2D eigenvalue weighted by Crippen LogP contribution is -2.09. The number of benzene rings is 5. The van der Waals surface area contributed by atoms with Crippen LogP contribution in [0.4, 0.5) is 17.1 Å². The number of hydrogen-bond donors (Lipinski definition) is 0. The molecule has 5 aromatic carbocycles. The number of anilines is 3. The zero-order valence-corrected chi connectivity index (χ0v) is 21.3. The molecule has 0 amide bonds. The molecule has 0 saturated carbocycles. The largest absolute Gasteiger partial charge is 0.436 e. The number of hydrogen-bond acceptors (Lipinski definition) is 5. The van der Waals surface area contributed by atoms with E-state index < -0.39 is 0 Å². The summed E-state index contributed by atoms with van der Waals surface area (Å²) in [5, 5.41) is 0. The van der Waals surface area contributed by atoms with E-state index in [1.807, 2.05) is 61.5 Å². The number of fused-ring (bicyclic) bond motifs is 2. The molecule has 39 heavy (non-hydrogen) atoms. The SMILES string of the molecule is Cc1nc2ccccc2nc1-c1ccc(N(c2ccccc2)c2ccc(-c3nc4ccccc4o3)cc2)cc1. The summed E-state index contributed by atoms with van der Waals surface area (Å²) >= 11 is 0. The fourth-order valence-electron chi connectivity index (χ4n) is 4.90. The average Bonchev–Trinajstić information content (AvgIpc) is 3.43. The lowest BCUT2D eigenvalue weighted by Gasteiger charge is -2.25. The Balaban J connectivity index is 1.25. The van der Waals surface area contributed by atoms with Crippen molar-refractivity contribution in [3.63, 3.8) is 0 Å². The molecule has 5 nitrogen and oxygen atoms in total. The van der Waals surface area contributed by atoms with E-state index in [1.165, 1.54) is 0 Å². The molecular weight excluding hydrogens is 480 g/mol. The first-order chi connectivity index (χ1) is 19.2. The first kappa shape index (κ1) is 22.9. The fraction of sp³-hybridized carbons (Fsp3) is 0.0294. The number of oxazole rings is 1. The second-order valence-electron chi connectivity index (χ2n) is 9.40. The Morgan fingerprint density at radius 1 is 0.487 bits per heavy atom. The van der Waals surface area contributed by atoms with Crippen LogP contribution in [0.1, 0.15) is 5.69 Å². The van der Waals surface area contributed by atoms with E-state index in [1.54, 1.807) is 0 Å². The number of aryl methyl sites for hydroxylation is 1. The second kappa shape index (κ2) is 9.54. The molecule has 0 saturated heterocycles. The highest BCUT2D eigenvalue weighted by atomic mass is 16.3. The molecule has 0 fully saturated rings. The molecule has 0 bridgehead atoms. The van der Waals surface area contributed by atoms with Crippen LogP contribution in [0.2, 0.25) is 0 Å². The molecule has 186 valence electrons. The van der Waals surface area contributed by atoms with Gasteiger partial charge in [0.15, 0.2) is 5.58 Å². The molecule has 0 aliphatic heterocycles. The van der Waals surface area contributed by atoms with Gasteiger partial charge in [-0.2, -0.15) is 0 Å². The van der Waals surface area contributed by atoms with E-state index in [0.29, 0.717) is 5.89 Å². The van der Waals surface area contributed by atoms with Gasteiger partial charge in [0.05, 0.1) is 22.4 Å². The van der Waals surface area contributed by atoms with Crippen LogP contribution in [0.15, 0.2) is 132 Å². The van der Waals surface area contributed by atoms with E-state index in [-0.39, 0.29) is 0 Å². The highest BCUT2D eigenvalue weighted by Crippen LogP contribution is 2.37. The standard InChI is InChI=1S/C34H24N4O/c1-23-33(36-30-12-6-5-11-29(30)35-23)24-15-19-27(20-16-24)38(26-9-3-2-4-10-26)28-21-17-25(18-22-28)34-37-31-13-7-8-14-32(31)39-34/h2-22H,1H3. The lowest BCUT2D eigenvalue weighted by molar-refractivity contribution is 0.620. The zero-order valence-electron chi connectivity index (χ0n) is 21.3. The van der Waals surface area contributed by atoms with Crippen LogP contribution in [0.3, 0.4) is 0 Å². The maximum Gasteiger partial charge on any atom is 0.227 e. The Morgan fingerprint density at radius 3 is 1.69 bits per heavy atom. The minimum Gasteiger partial charge on any atom is -0.436 e. The summed E-state index contributed by atoms with van der Waals surface area (Å²) in [6.45, 7) is 2.01. The lowest BCUT2D eigenvalue weighted by atomic mass is 10.1. The molecule has 0 aliphatic rings. The van der Waals surface area contributed by atoms with E-state index in [9.17, 15) is 0 Å². The van der Waals surface area contributed by atoms with Gasteiger partial charge in [0.1, 0.15) is 5.52 Å². The number of rotatable bonds is 5. The van der Waals surface area contributed by atoms with Gasteiger partial charge < -0.3 is 9.32 Å². The van der Waals surface area contributed by atoms with Crippen LogP contribution in [0.25, 0.3) is 44.8 Å². The molecule has 5 heteroatoms. The average molecular weight is 505 g/mol. The molecule has 7 rings (SSSR count). The third kappa shape index (κ3) is 4.30. The summed E-state index contributed by atoms with van der Waals surface area (Å²) in [6.07, 6.45) is 0. The van der Waals surface area contributed by atoms with Gasteiger partial charge in [-0.1, -0.05) is 54.6 Å². The smallest absolute Gasteiger partial charge is 0.227 e. The highest BCUT2D eigenvalue weighted by molar-refractivity contribution is 5.82. The maximum absolute atomic E-state index is 5.98. The first-order valence-electron chi connectivity index (χ1n) is 12.9. The Labute approximate surface area is 226 Å². The Morgan fingerprint density at radius 2 is 1.03 bits per heavy atom. The molecule has 0 spiro atoms. The van der Waals surface area contributed by atoms with Gasteiger partial charge in [0, 0.05) is 28.2 Å². The minimum atomic E-state index is 0.616. The van der Waals surface area contributed by atoms with Crippen LogP contribution < -0.4 is 4.90 Å². The van der Waals surface area contributed by atoms with Crippen molar-refractivity contribution in [3.8, 4) is 22.7 Å². The number of nitrogens with zero attached hydrogens (tertiary/aromatic N) is 4. The van der Waals surface area contributed by atoms with E-state index in [4.69, 9.17) is 14.4 Å². The summed E-state index contributed by atoms with van der Waals surface area (Å²) in [7, 11) is 0. The number of aromatic nitrogens is 3. The predicted octanol–water partition coefficient (Wildman–Crippen LogP) is 8.88. The van der Waals surface area contributed by atoms with E-state index >= 15 is 0 Å². The quantitative estimate of drug-likeness (QED) is 0.234. The van der Waals surface area contributed by atoms with Gasteiger partial charge in [0.2, 0.25) is 5.89 Å². The van der Waals surface area contributed by atoms with Crippen molar-refractivity contribution in [2.75, 3.05) is 4.90 Å². The molecular formula is C34H24N4O. The van der Waals surface area contributed by atoms with Gasteiger partial charge in [-0.3, -0.25) is 0 Å². The summed E-state index contributed by atoms with van der Waals surface area (Å²) in [5.74, 6) is 0.616. The van der Waals surface area contributed by atoms with Crippen LogP contribution in [-0.4, -0.2) is 15.0 Å². The van der Waals surface area contributed by atoms with Crippen molar-refractivity contribution < 1.29 is 4.42 Å². The van der Waals surface area contributed by atoms with Crippen molar-refractivity contribution in [3.05, 3.63) is 133 Å². The minimum absolute atomic E-state index is 0.616. The van der Waals surface area contributed by atoms with Crippen LogP contribution in [0.5, 0.6) is 0 Å². The third-order valence-corrected chi connectivity index (χ3v) is 6.82. The molecule has 0 aliphatic carbocycles. The van der Waals surface area contributed by atoms with Gasteiger partial charge in [-0.25, -0.2) is 15.0 Å². The summed E-state index contributed by atoms with van der Waals surface area (Å²) < 4.78 is 5.98. The molecule has 0 radical (unpaired) electrons. The predicted molar refractivity (Wildman–Crippen MR) is 157 cm³/mol. The monoisotopic (exact) mass is 504 g/mol. The molecule has 0 atom stereocenters. The highest BCUT2D eigenvalue weighted by Gasteiger charge is 2.15. The van der Waals surface area contributed by atoms with Crippen molar-refractivity contribution in [2.24, 2.45) is 0 Å². The Kier molecular flexibility index (Phi) is 5.60. The van der Waals surface area contributed by atoms with Crippen LogP contribution >= 0.6 is 0 Å². The normalized spacial score (nSPS) is 11.2. The summed E-state index contributed by atoms with van der Waals surface area (Å²) in [5.41, 5.74) is 10.4. The van der Waals surface area contributed by atoms with Crippen LogP contribution in [0, 0.1) is 6.92 Å². The molecule has 2 heterocycles. The molecule has 7 aromatic rings. The summed E-state index contributed by atoms with van der Waals surface area (Å²) in [4.78, 5) is 16.5. The Bertz CT molecular complexity index is 1880. The van der Waals surface area contributed by atoms with Gasteiger partial charge in [-0.05, 0) is 79.7 Å². The molecule has 0 N–H and O–H groups in total.